The number of thiazole rings is 1. The Bertz CT molecular complexity index is 386. The fraction of sp³-hybridized carbons (Fsp3) is 0.455. The van der Waals surface area contributed by atoms with Crippen LogP contribution in [0, 0.1) is 11.5 Å². The molecule has 0 aliphatic carbocycles. The van der Waals surface area contributed by atoms with Gasteiger partial charge in [-0.2, -0.15) is 0 Å². The lowest BCUT2D eigenvalue weighted by molar-refractivity contribution is -0.128. The number of ether oxygens (including phenoxy) is 1. The third-order valence-corrected chi connectivity index (χ3v) is 3.26. The fourth-order valence-electron chi connectivity index (χ4n) is 1.03. The number of hydrogen-bond acceptors (Lipinski definition) is 4. The molecule has 1 aromatic heterocycles. The second-order valence-corrected chi connectivity index (χ2v) is 9.88. The number of carbonyl (C=O) groups excluding carboxylic acids is 1. The zero-order valence-electron chi connectivity index (χ0n) is 9.69. The Morgan fingerprint density at radius 1 is 1.62 bits per heavy atom. The van der Waals surface area contributed by atoms with Crippen LogP contribution in [0.5, 0.6) is 0 Å². The molecule has 0 saturated carbocycles. The first-order valence-corrected chi connectivity index (χ1v) is 9.43. The fourth-order valence-corrected chi connectivity index (χ4v) is 2.25. The first-order valence-electron chi connectivity index (χ1n) is 4.99. The van der Waals surface area contributed by atoms with Crippen LogP contribution in [0.15, 0.2) is 10.9 Å². The lowest BCUT2D eigenvalue weighted by Crippen LogP contribution is -2.17. The van der Waals surface area contributed by atoms with Gasteiger partial charge in [-0.25, -0.2) is 4.98 Å². The highest BCUT2D eigenvalue weighted by atomic mass is 32.1. The van der Waals surface area contributed by atoms with E-state index in [2.05, 4.69) is 36.1 Å². The zero-order chi connectivity index (χ0) is 12.0. The van der Waals surface area contributed by atoms with Gasteiger partial charge in [0, 0.05) is 5.38 Å². The van der Waals surface area contributed by atoms with Gasteiger partial charge in [-0.1, -0.05) is 25.6 Å². The van der Waals surface area contributed by atoms with Gasteiger partial charge in [-0.05, 0) is 0 Å². The van der Waals surface area contributed by atoms with E-state index in [1.54, 1.807) is 5.51 Å². The molecule has 0 aromatic carbocycles. The summed E-state index contributed by atoms with van der Waals surface area (Å²) in [6.07, 6.45) is 0. The molecule has 1 aromatic rings. The van der Waals surface area contributed by atoms with Crippen molar-refractivity contribution in [2.75, 3.05) is 6.61 Å². The lowest BCUT2D eigenvalue weighted by Gasteiger charge is -2.08. The van der Waals surface area contributed by atoms with Crippen molar-refractivity contribution in [1.82, 2.24) is 4.98 Å². The number of rotatable bonds is 4. The van der Waals surface area contributed by atoms with Crippen LogP contribution >= 0.6 is 11.3 Å². The SMILES string of the molecule is C[Si](C)(C)C#CC(COC=O)c1cscn1. The monoisotopic (exact) mass is 253 g/mol. The number of nitrogens with zero attached hydrogens (tertiary/aromatic N) is 1. The largest absolute Gasteiger partial charge is 0.466 e. The van der Waals surface area contributed by atoms with E-state index in [1.165, 1.54) is 11.3 Å². The molecule has 0 N–H and O–H groups in total. The van der Waals surface area contributed by atoms with Crippen LogP contribution in [0.1, 0.15) is 11.6 Å². The van der Waals surface area contributed by atoms with Crippen LogP contribution < -0.4 is 0 Å². The normalized spacial score (nSPS) is 12.4. The minimum atomic E-state index is -1.40. The summed E-state index contributed by atoms with van der Waals surface area (Å²) in [6, 6.07) is 0. The molecular weight excluding hydrogens is 238 g/mol. The summed E-state index contributed by atoms with van der Waals surface area (Å²) in [5, 5.41) is 1.94. The Hall–Kier alpha value is -1.12. The van der Waals surface area contributed by atoms with Crippen LogP contribution in [-0.4, -0.2) is 26.1 Å². The Balaban J connectivity index is 2.79. The van der Waals surface area contributed by atoms with E-state index in [1.807, 2.05) is 5.38 Å². The van der Waals surface area contributed by atoms with E-state index in [0.717, 1.165) is 5.69 Å². The molecule has 1 unspecified atom stereocenters. The quantitative estimate of drug-likeness (QED) is 0.469. The van der Waals surface area contributed by atoms with Crippen molar-refractivity contribution in [3.8, 4) is 11.5 Å². The molecule has 1 atom stereocenters. The predicted molar refractivity (Wildman–Crippen MR) is 68.0 cm³/mol. The van der Waals surface area contributed by atoms with Gasteiger partial charge in [0.1, 0.15) is 14.7 Å². The highest BCUT2D eigenvalue weighted by molar-refractivity contribution is 7.07. The zero-order valence-corrected chi connectivity index (χ0v) is 11.5. The standard InChI is InChI=1S/C11H15NO2SSi/c1-16(2,3)5-4-10(6-14-9-13)11-7-15-8-12-11/h7-10H,6H2,1-3H3. The van der Waals surface area contributed by atoms with Crippen LogP contribution in [0.3, 0.4) is 0 Å². The molecule has 0 radical (unpaired) electrons. The van der Waals surface area contributed by atoms with Crippen molar-refractivity contribution in [2.24, 2.45) is 0 Å². The summed E-state index contributed by atoms with van der Waals surface area (Å²) in [4.78, 5) is 14.4. The van der Waals surface area contributed by atoms with Gasteiger partial charge in [0.05, 0.1) is 17.1 Å². The van der Waals surface area contributed by atoms with E-state index < -0.39 is 8.07 Å². The molecule has 1 rings (SSSR count). The summed E-state index contributed by atoms with van der Waals surface area (Å²) in [5.41, 5.74) is 5.93. The minimum absolute atomic E-state index is 0.0943. The Kier molecular flexibility index (Phi) is 4.71. The minimum Gasteiger partial charge on any atom is -0.466 e. The topological polar surface area (TPSA) is 39.2 Å². The van der Waals surface area contributed by atoms with Crippen LogP contribution in [0.25, 0.3) is 0 Å². The predicted octanol–water partition coefficient (Wildman–Crippen LogP) is 2.28. The first-order chi connectivity index (χ1) is 7.53. The third kappa shape index (κ3) is 4.60. The molecule has 86 valence electrons. The van der Waals surface area contributed by atoms with Gasteiger partial charge in [0.15, 0.2) is 0 Å². The maximum absolute atomic E-state index is 10.2. The van der Waals surface area contributed by atoms with Crippen LogP contribution in [0.2, 0.25) is 19.6 Å². The van der Waals surface area contributed by atoms with E-state index in [-0.39, 0.29) is 12.5 Å². The van der Waals surface area contributed by atoms with Gasteiger partial charge < -0.3 is 4.74 Å². The summed E-state index contributed by atoms with van der Waals surface area (Å²) >= 11 is 1.52. The van der Waals surface area contributed by atoms with E-state index in [9.17, 15) is 4.79 Å². The summed E-state index contributed by atoms with van der Waals surface area (Å²) in [5.74, 6) is 3.07. The molecule has 0 amide bonds. The number of hydrogen-bond donors (Lipinski definition) is 0. The Morgan fingerprint density at radius 2 is 2.38 bits per heavy atom. The molecule has 0 spiro atoms. The Labute approximate surface area is 101 Å². The van der Waals surface area contributed by atoms with E-state index >= 15 is 0 Å². The number of aromatic nitrogens is 1. The van der Waals surface area contributed by atoms with Crippen molar-refractivity contribution in [3.05, 3.63) is 16.6 Å². The van der Waals surface area contributed by atoms with Crippen molar-refractivity contribution < 1.29 is 9.53 Å². The third-order valence-electron chi connectivity index (χ3n) is 1.76. The summed E-state index contributed by atoms with van der Waals surface area (Å²) in [7, 11) is -1.40. The van der Waals surface area contributed by atoms with Crippen LogP contribution in [0.4, 0.5) is 0 Å². The van der Waals surface area contributed by atoms with Gasteiger partial charge in [0.25, 0.3) is 6.47 Å². The van der Waals surface area contributed by atoms with Crippen molar-refractivity contribution in [2.45, 2.75) is 25.6 Å². The first kappa shape index (κ1) is 12.9. The maximum atomic E-state index is 10.2. The Morgan fingerprint density at radius 3 is 2.88 bits per heavy atom. The second kappa shape index (κ2) is 5.82. The van der Waals surface area contributed by atoms with Gasteiger partial charge >= 0.3 is 0 Å². The number of carbonyl (C=O) groups is 1. The molecule has 0 saturated heterocycles. The van der Waals surface area contributed by atoms with E-state index in [0.29, 0.717) is 6.47 Å². The van der Waals surface area contributed by atoms with Gasteiger partial charge in [0.2, 0.25) is 0 Å². The van der Waals surface area contributed by atoms with Crippen LogP contribution in [-0.2, 0) is 9.53 Å². The average molecular weight is 253 g/mol. The van der Waals surface area contributed by atoms with E-state index in [4.69, 9.17) is 4.74 Å². The molecular formula is C11H15NO2SSi. The molecule has 0 fully saturated rings. The molecule has 5 heteroatoms. The molecule has 16 heavy (non-hydrogen) atoms. The highest BCUT2D eigenvalue weighted by Gasteiger charge is 2.13. The van der Waals surface area contributed by atoms with Crippen molar-refractivity contribution >= 4 is 25.9 Å². The molecule has 0 aliphatic heterocycles. The van der Waals surface area contributed by atoms with Gasteiger partial charge in [-0.3, -0.25) is 4.79 Å². The maximum Gasteiger partial charge on any atom is 0.293 e. The molecule has 0 aliphatic rings. The van der Waals surface area contributed by atoms with Crippen molar-refractivity contribution in [3.63, 3.8) is 0 Å². The summed E-state index contributed by atoms with van der Waals surface area (Å²) < 4.78 is 4.78. The molecule has 3 nitrogen and oxygen atoms in total. The highest BCUT2D eigenvalue weighted by Crippen LogP contribution is 2.15. The van der Waals surface area contributed by atoms with Crippen molar-refractivity contribution in [1.29, 1.82) is 0 Å². The van der Waals surface area contributed by atoms with Gasteiger partial charge in [-0.15, -0.1) is 16.9 Å². The summed E-state index contributed by atoms with van der Waals surface area (Å²) in [6.45, 7) is 7.27. The second-order valence-electron chi connectivity index (χ2n) is 4.41. The lowest BCUT2D eigenvalue weighted by atomic mass is 10.1. The smallest absolute Gasteiger partial charge is 0.293 e. The average Bonchev–Trinajstić information content (AvgIpc) is 2.69. The molecule has 0 bridgehead atoms. The molecule has 1 heterocycles.